The number of aromatic nitrogens is 4. The van der Waals surface area contributed by atoms with E-state index in [9.17, 15) is 8.42 Å². The second-order valence-corrected chi connectivity index (χ2v) is 8.50. The molecule has 0 amide bonds. The SMILES string of the molecule is COc1ccccc1CNc1ccc2nnc(CCNS(=O)(=O)c3ccccc3)n2n1. The molecule has 2 aromatic heterocycles. The van der Waals surface area contributed by atoms with Gasteiger partial charge in [0.15, 0.2) is 11.5 Å². The van der Waals surface area contributed by atoms with Crippen LogP contribution in [0.2, 0.25) is 0 Å². The fraction of sp³-hybridized carbons (Fsp3) is 0.190. The molecule has 0 spiro atoms. The molecule has 0 aliphatic carbocycles. The number of hydrogen-bond donors (Lipinski definition) is 2. The molecule has 0 radical (unpaired) electrons. The van der Waals surface area contributed by atoms with E-state index >= 15 is 0 Å². The number of hydrogen-bond acceptors (Lipinski definition) is 7. The van der Waals surface area contributed by atoms with Crippen LogP contribution >= 0.6 is 0 Å². The Morgan fingerprint density at radius 3 is 2.55 bits per heavy atom. The highest BCUT2D eigenvalue weighted by Crippen LogP contribution is 2.18. The molecule has 2 aromatic carbocycles. The Labute approximate surface area is 180 Å². The third-order valence-electron chi connectivity index (χ3n) is 4.67. The van der Waals surface area contributed by atoms with Crippen molar-refractivity contribution in [2.24, 2.45) is 0 Å². The predicted octanol–water partition coefficient (Wildman–Crippen LogP) is 2.27. The molecule has 0 aliphatic heterocycles. The van der Waals surface area contributed by atoms with Crippen LogP contribution < -0.4 is 14.8 Å². The molecule has 4 rings (SSSR count). The van der Waals surface area contributed by atoms with E-state index in [1.165, 1.54) is 0 Å². The number of fused-ring (bicyclic) bond motifs is 1. The predicted molar refractivity (Wildman–Crippen MR) is 116 cm³/mol. The van der Waals surface area contributed by atoms with Gasteiger partial charge in [0.2, 0.25) is 10.0 Å². The lowest BCUT2D eigenvalue weighted by molar-refractivity contribution is 0.410. The largest absolute Gasteiger partial charge is 0.496 e. The summed E-state index contributed by atoms with van der Waals surface area (Å²) >= 11 is 0. The first-order valence-electron chi connectivity index (χ1n) is 9.68. The summed E-state index contributed by atoms with van der Waals surface area (Å²) in [5, 5.41) is 16.1. The molecule has 10 heteroatoms. The molecule has 0 unspecified atom stereocenters. The summed E-state index contributed by atoms with van der Waals surface area (Å²) in [7, 11) is -1.94. The van der Waals surface area contributed by atoms with Crippen molar-refractivity contribution in [2.75, 3.05) is 19.0 Å². The zero-order valence-electron chi connectivity index (χ0n) is 16.9. The number of sulfonamides is 1. The van der Waals surface area contributed by atoms with Crippen LogP contribution in [-0.4, -0.2) is 41.9 Å². The summed E-state index contributed by atoms with van der Waals surface area (Å²) in [5.74, 6) is 2.00. The highest BCUT2D eigenvalue weighted by atomic mass is 32.2. The summed E-state index contributed by atoms with van der Waals surface area (Å²) < 4.78 is 34.3. The monoisotopic (exact) mass is 438 g/mol. The molecule has 0 fully saturated rings. The standard InChI is InChI=1S/C21H22N6O3S/c1-30-18-10-6-5-7-16(18)15-22-19-11-12-20-24-25-21(27(20)26-19)13-14-23-31(28,29)17-8-3-2-4-9-17/h2-12,23H,13-15H2,1H3,(H,22,26). The Bertz CT molecular complexity index is 1270. The van der Waals surface area contributed by atoms with Crippen LogP contribution in [0.1, 0.15) is 11.4 Å². The molecule has 2 N–H and O–H groups in total. The van der Waals surface area contributed by atoms with Gasteiger partial charge >= 0.3 is 0 Å². The Morgan fingerprint density at radius 2 is 1.74 bits per heavy atom. The van der Waals surface area contributed by atoms with E-state index < -0.39 is 10.0 Å². The van der Waals surface area contributed by atoms with Gasteiger partial charge in [-0.15, -0.1) is 15.3 Å². The number of rotatable bonds is 9. The summed E-state index contributed by atoms with van der Waals surface area (Å²) in [6, 6.07) is 19.6. The van der Waals surface area contributed by atoms with Crippen LogP contribution in [0.4, 0.5) is 5.82 Å². The highest BCUT2D eigenvalue weighted by molar-refractivity contribution is 7.89. The summed E-state index contributed by atoms with van der Waals surface area (Å²) in [6.45, 7) is 0.718. The van der Waals surface area contributed by atoms with Crippen LogP contribution in [0.3, 0.4) is 0 Å². The molecule has 31 heavy (non-hydrogen) atoms. The molecule has 0 saturated carbocycles. The van der Waals surface area contributed by atoms with E-state index in [0.29, 0.717) is 30.3 Å². The Kier molecular flexibility index (Phi) is 6.10. The maximum atomic E-state index is 12.4. The normalized spacial score (nSPS) is 11.5. The molecule has 160 valence electrons. The zero-order chi connectivity index (χ0) is 21.7. The number of methoxy groups -OCH3 is 1. The number of nitrogens with one attached hydrogen (secondary N) is 2. The molecular weight excluding hydrogens is 416 g/mol. The van der Waals surface area contributed by atoms with E-state index in [-0.39, 0.29) is 11.4 Å². The Morgan fingerprint density at radius 1 is 0.968 bits per heavy atom. The fourth-order valence-electron chi connectivity index (χ4n) is 3.10. The minimum Gasteiger partial charge on any atom is -0.496 e. The van der Waals surface area contributed by atoms with Crippen molar-refractivity contribution in [2.45, 2.75) is 17.9 Å². The second-order valence-electron chi connectivity index (χ2n) is 6.73. The summed E-state index contributed by atoms with van der Waals surface area (Å²) in [6.07, 6.45) is 0.343. The van der Waals surface area contributed by atoms with Gasteiger partial charge in [-0.3, -0.25) is 0 Å². The molecule has 0 aliphatic rings. The number of anilines is 1. The average molecular weight is 439 g/mol. The Hall–Kier alpha value is -3.50. The van der Waals surface area contributed by atoms with Crippen molar-refractivity contribution in [1.82, 2.24) is 24.5 Å². The van der Waals surface area contributed by atoms with Gasteiger partial charge < -0.3 is 10.1 Å². The third-order valence-corrected chi connectivity index (χ3v) is 6.15. The van der Waals surface area contributed by atoms with E-state index in [0.717, 1.165) is 11.3 Å². The lowest BCUT2D eigenvalue weighted by Crippen LogP contribution is -2.26. The highest BCUT2D eigenvalue weighted by Gasteiger charge is 2.14. The molecule has 2 heterocycles. The Balaban J connectivity index is 1.43. The van der Waals surface area contributed by atoms with Crippen molar-refractivity contribution in [3.8, 4) is 5.75 Å². The van der Waals surface area contributed by atoms with Crippen molar-refractivity contribution in [3.63, 3.8) is 0 Å². The van der Waals surface area contributed by atoms with Crippen molar-refractivity contribution in [3.05, 3.63) is 78.1 Å². The van der Waals surface area contributed by atoms with Crippen LogP contribution in [-0.2, 0) is 23.0 Å². The maximum absolute atomic E-state index is 12.4. The molecule has 4 aromatic rings. The van der Waals surface area contributed by atoms with Crippen LogP contribution in [0.5, 0.6) is 5.75 Å². The molecule has 0 atom stereocenters. The van der Waals surface area contributed by atoms with Crippen molar-refractivity contribution < 1.29 is 13.2 Å². The smallest absolute Gasteiger partial charge is 0.240 e. The van der Waals surface area contributed by atoms with E-state index in [1.807, 2.05) is 36.4 Å². The van der Waals surface area contributed by atoms with Crippen molar-refractivity contribution >= 4 is 21.5 Å². The van der Waals surface area contributed by atoms with Gasteiger partial charge in [-0.1, -0.05) is 36.4 Å². The van der Waals surface area contributed by atoms with Gasteiger partial charge in [-0.05, 0) is 30.3 Å². The lowest BCUT2D eigenvalue weighted by atomic mass is 10.2. The molecule has 0 bridgehead atoms. The topological polar surface area (TPSA) is 111 Å². The number of benzene rings is 2. The van der Waals surface area contributed by atoms with E-state index in [4.69, 9.17) is 4.74 Å². The van der Waals surface area contributed by atoms with Crippen molar-refractivity contribution in [1.29, 1.82) is 0 Å². The van der Waals surface area contributed by atoms with Gasteiger partial charge in [-0.2, -0.15) is 4.52 Å². The van der Waals surface area contributed by atoms with Gasteiger partial charge in [-0.25, -0.2) is 13.1 Å². The van der Waals surface area contributed by atoms with Gasteiger partial charge in [0.05, 0.1) is 12.0 Å². The minimum atomic E-state index is -3.57. The van der Waals surface area contributed by atoms with Gasteiger partial charge in [0.1, 0.15) is 11.6 Å². The van der Waals surface area contributed by atoms with Crippen LogP contribution in [0, 0.1) is 0 Å². The summed E-state index contributed by atoms with van der Waals surface area (Å²) in [5.41, 5.74) is 1.59. The lowest BCUT2D eigenvalue weighted by Gasteiger charge is -2.10. The minimum absolute atomic E-state index is 0.179. The first kappa shape index (κ1) is 20.8. The maximum Gasteiger partial charge on any atom is 0.240 e. The first-order chi connectivity index (χ1) is 15.1. The second kappa shape index (κ2) is 9.11. The van der Waals surface area contributed by atoms with E-state index in [1.54, 1.807) is 42.0 Å². The molecular formula is C21H22N6O3S. The van der Waals surface area contributed by atoms with Gasteiger partial charge in [0, 0.05) is 25.1 Å². The quantitative estimate of drug-likeness (QED) is 0.412. The van der Waals surface area contributed by atoms with Gasteiger partial charge in [0.25, 0.3) is 0 Å². The van der Waals surface area contributed by atoms with Crippen LogP contribution in [0.15, 0.2) is 71.6 Å². The number of para-hydroxylation sites is 1. The molecule has 9 nitrogen and oxygen atoms in total. The average Bonchev–Trinajstić information content (AvgIpc) is 3.20. The first-order valence-corrected chi connectivity index (χ1v) is 11.2. The number of nitrogens with zero attached hydrogens (tertiary/aromatic N) is 4. The fourth-order valence-corrected chi connectivity index (χ4v) is 4.15. The molecule has 0 saturated heterocycles. The van der Waals surface area contributed by atoms with E-state index in [2.05, 4.69) is 25.3 Å². The number of ether oxygens (including phenoxy) is 1. The zero-order valence-corrected chi connectivity index (χ0v) is 17.7. The van der Waals surface area contributed by atoms with Crippen LogP contribution in [0.25, 0.3) is 5.65 Å². The third kappa shape index (κ3) is 4.81. The summed E-state index contributed by atoms with van der Waals surface area (Å²) in [4.78, 5) is 0.224.